The molecule has 4 aromatic rings. The average molecular weight is 543 g/mol. The Kier molecular flexibility index (Phi) is 7.47. The van der Waals surface area contributed by atoms with Crippen LogP contribution < -0.4 is 25.8 Å². The lowest BCUT2D eigenvalue weighted by molar-refractivity contribution is 0.123. The van der Waals surface area contributed by atoms with Gasteiger partial charge in [-0.2, -0.15) is 9.97 Å². The second-order valence-corrected chi connectivity index (χ2v) is 10.1. The van der Waals surface area contributed by atoms with E-state index in [2.05, 4.69) is 52.2 Å². The predicted molar refractivity (Wildman–Crippen MR) is 155 cm³/mol. The van der Waals surface area contributed by atoms with Crippen molar-refractivity contribution >= 4 is 28.4 Å². The molecule has 0 atom stereocenters. The number of aromatic nitrogens is 5. The van der Waals surface area contributed by atoms with Crippen LogP contribution in [0.4, 0.5) is 17.3 Å². The van der Waals surface area contributed by atoms with E-state index in [1.165, 1.54) is 0 Å². The van der Waals surface area contributed by atoms with Crippen molar-refractivity contribution in [3.8, 4) is 11.7 Å². The summed E-state index contributed by atoms with van der Waals surface area (Å²) >= 11 is 0. The van der Waals surface area contributed by atoms with Gasteiger partial charge in [0.05, 0.1) is 31.1 Å². The van der Waals surface area contributed by atoms with Gasteiger partial charge in [-0.05, 0) is 56.6 Å². The minimum absolute atomic E-state index is 0.105. The van der Waals surface area contributed by atoms with Gasteiger partial charge < -0.3 is 25.0 Å². The number of allylic oxidation sites excluding steroid dienone is 1. The largest absolute Gasteiger partial charge is 0.474 e. The molecule has 40 heavy (non-hydrogen) atoms. The van der Waals surface area contributed by atoms with Crippen LogP contribution in [0.1, 0.15) is 18.4 Å². The van der Waals surface area contributed by atoms with Gasteiger partial charge in [-0.15, -0.1) is 6.58 Å². The monoisotopic (exact) mass is 542 g/mol. The summed E-state index contributed by atoms with van der Waals surface area (Å²) in [6.45, 7) is 11.0. The number of aryl methyl sites for hydroxylation is 1. The molecule has 1 aromatic carbocycles. The molecule has 208 valence electrons. The number of morpholine rings is 1. The number of rotatable bonds is 8. The van der Waals surface area contributed by atoms with Gasteiger partial charge in [0.1, 0.15) is 11.5 Å². The van der Waals surface area contributed by atoms with E-state index < -0.39 is 0 Å². The zero-order valence-electron chi connectivity index (χ0n) is 22.7. The number of ether oxygens (including phenoxy) is 2. The quantitative estimate of drug-likeness (QED) is 0.324. The molecule has 3 aromatic heterocycles. The number of fused-ring (bicyclic) bond motifs is 1. The maximum atomic E-state index is 13.4. The van der Waals surface area contributed by atoms with E-state index in [1.807, 2.05) is 18.2 Å². The Morgan fingerprint density at radius 1 is 1.18 bits per heavy atom. The third-order valence-electron chi connectivity index (χ3n) is 7.23. The van der Waals surface area contributed by atoms with Crippen LogP contribution in [-0.2, 0) is 11.3 Å². The van der Waals surface area contributed by atoms with Crippen molar-refractivity contribution in [1.29, 1.82) is 0 Å². The highest BCUT2D eigenvalue weighted by molar-refractivity contribution is 5.79. The number of nitrogens with zero attached hydrogens (tertiary/aromatic N) is 6. The molecule has 2 aliphatic rings. The van der Waals surface area contributed by atoms with Gasteiger partial charge in [0, 0.05) is 25.4 Å². The SMILES string of the molecule is C=CCn1c(=O)c2cnc(Nc3cc(C)ccc3N3CCOCC3)nc2n1-c1cccc(OC2CCNCC2)n1. The Bertz CT molecular complexity index is 1570. The van der Waals surface area contributed by atoms with Gasteiger partial charge in [0.25, 0.3) is 5.56 Å². The molecule has 11 heteroatoms. The lowest BCUT2D eigenvalue weighted by Gasteiger charge is -2.30. The van der Waals surface area contributed by atoms with Crippen molar-refractivity contribution < 1.29 is 9.47 Å². The maximum Gasteiger partial charge on any atom is 0.278 e. The Hall–Kier alpha value is -4.22. The summed E-state index contributed by atoms with van der Waals surface area (Å²) in [6.07, 6.45) is 5.21. The molecule has 0 radical (unpaired) electrons. The van der Waals surface area contributed by atoms with Crippen LogP contribution >= 0.6 is 0 Å². The molecule has 2 N–H and O–H groups in total. The van der Waals surface area contributed by atoms with Crippen LogP contribution in [0, 0.1) is 6.92 Å². The topological polar surface area (TPSA) is 111 Å². The minimum Gasteiger partial charge on any atom is -0.474 e. The minimum atomic E-state index is -0.211. The number of benzene rings is 1. The summed E-state index contributed by atoms with van der Waals surface area (Å²) in [5, 5.41) is 7.16. The van der Waals surface area contributed by atoms with Crippen LogP contribution in [0.25, 0.3) is 16.9 Å². The van der Waals surface area contributed by atoms with Crippen LogP contribution in [0.5, 0.6) is 5.88 Å². The fourth-order valence-electron chi connectivity index (χ4n) is 5.23. The molecule has 0 aliphatic carbocycles. The third-order valence-corrected chi connectivity index (χ3v) is 7.23. The molecule has 0 amide bonds. The van der Waals surface area contributed by atoms with Gasteiger partial charge >= 0.3 is 0 Å². The van der Waals surface area contributed by atoms with E-state index in [4.69, 9.17) is 19.4 Å². The first kappa shape index (κ1) is 26.0. The Labute approximate surface area is 232 Å². The number of hydrogen-bond donors (Lipinski definition) is 2. The standard InChI is InChI=1S/C29H34N8O3/c1-3-13-36-28(38)22-19-31-29(32-23-18-20(2)7-8-24(23)35-14-16-39-17-15-35)34-27(22)37(36)25-5-4-6-26(33-25)40-21-9-11-30-12-10-21/h3-8,18-19,21,30H,1,9-17H2,2H3,(H,31,32,34). The van der Waals surface area contributed by atoms with Crippen molar-refractivity contribution in [1.82, 2.24) is 29.6 Å². The van der Waals surface area contributed by atoms with Gasteiger partial charge in [0.2, 0.25) is 11.8 Å². The highest BCUT2D eigenvalue weighted by atomic mass is 16.5. The number of nitrogens with one attached hydrogen (secondary N) is 2. The average Bonchev–Trinajstić information content (AvgIpc) is 3.25. The van der Waals surface area contributed by atoms with E-state index in [0.29, 0.717) is 41.9 Å². The summed E-state index contributed by atoms with van der Waals surface area (Å²) in [7, 11) is 0. The second-order valence-electron chi connectivity index (χ2n) is 10.1. The molecule has 0 spiro atoms. The Morgan fingerprint density at radius 3 is 2.80 bits per heavy atom. The molecule has 11 nitrogen and oxygen atoms in total. The van der Waals surface area contributed by atoms with Crippen LogP contribution in [0.3, 0.4) is 0 Å². The van der Waals surface area contributed by atoms with E-state index >= 15 is 0 Å². The van der Waals surface area contributed by atoms with Crippen LogP contribution in [0.2, 0.25) is 0 Å². The van der Waals surface area contributed by atoms with Gasteiger partial charge in [-0.25, -0.2) is 14.3 Å². The number of hydrogen-bond acceptors (Lipinski definition) is 9. The van der Waals surface area contributed by atoms with Gasteiger partial charge in [-0.1, -0.05) is 18.2 Å². The van der Waals surface area contributed by atoms with E-state index in [-0.39, 0.29) is 18.2 Å². The summed E-state index contributed by atoms with van der Waals surface area (Å²) in [5.74, 6) is 1.44. The fourth-order valence-corrected chi connectivity index (χ4v) is 5.23. The predicted octanol–water partition coefficient (Wildman–Crippen LogP) is 3.18. The summed E-state index contributed by atoms with van der Waals surface area (Å²) in [5.41, 5.74) is 3.32. The Morgan fingerprint density at radius 2 is 2.00 bits per heavy atom. The third kappa shape index (κ3) is 5.30. The first-order chi connectivity index (χ1) is 19.6. The lowest BCUT2D eigenvalue weighted by Crippen LogP contribution is -2.36. The zero-order valence-corrected chi connectivity index (χ0v) is 22.7. The smallest absolute Gasteiger partial charge is 0.278 e. The summed E-state index contributed by atoms with van der Waals surface area (Å²) in [4.78, 5) is 29.8. The lowest BCUT2D eigenvalue weighted by atomic mass is 10.1. The summed E-state index contributed by atoms with van der Waals surface area (Å²) < 4.78 is 15.0. The van der Waals surface area contributed by atoms with E-state index in [9.17, 15) is 4.79 Å². The molecular formula is C29H34N8O3. The molecule has 0 bridgehead atoms. The number of pyridine rings is 1. The maximum absolute atomic E-state index is 13.4. The number of piperidine rings is 1. The molecule has 0 unspecified atom stereocenters. The molecule has 2 fully saturated rings. The van der Waals surface area contributed by atoms with E-state index in [1.54, 1.807) is 21.6 Å². The van der Waals surface area contributed by atoms with E-state index in [0.717, 1.165) is 56.0 Å². The highest BCUT2D eigenvalue weighted by Gasteiger charge is 2.21. The van der Waals surface area contributed by atoms with Gasteiger partial charge in [-0.3, -0.25) is 4.79 Å². The van der Waals surface area contributed by atoms with Crippen LogP contribution in [0.15, 0.2) is 60.0 Å². The van der Waals surface area contributed by atoms with Crippen molar-refractivity contribution in [2.24, 2.45) is 0 Å². The van der Waals surface area contributed by atoms with Crippen molar-refractivity contribution in [2.75, 3.05) is 49.6 Å². The molecule has 0 saturated carbocycles. The molecule has 5 heterocycles. The normalized spacial score (nSPS) is 16.3. The fraction of sp³-hybridized carbons (Fsp3) is 0.379. The number of anilines is 3. The molecule has 2 saturated heterocycles. The van der Waals surface area contributed by atoms with Crippen molar-refractivity contribution in [2.45, 2.75) is 32.4 Å². The molecule has 6 rings (SSSR count). The highest BCUT2D eigenvalue weighted by Crippen LogP contribution is 2.30. The van der Waals surface area contributed by atoms with Crippen LogP contribution in [-0.4, -0.2) is 69.8 Å². The first-order valence-corrected chi connectivity index (χ1v) is 13.8. The molecule has 2 aliphatic heterocycles. The van der Waals surface area contributed by atoms with Crippen molar-refractivity contribution in [3.63, 3.8) is 0 Å². The first-order valence-electron chi connectivity index (χ1n) is 13.8. The summed E-state index contributed by atoms with van der Waals surface area (Å²) in [6, 6.07) is 11.9. The van der Waals surface area contributed by atoms with Gasteiger partial charge in [0.15, 0.2) is 11.5 Å². The molecular weight excluding hydrogens is 508 g/mol. The second kappa shape index (κ2) is 11.5. The van der Waals surface area contributed by atoms with Crippen molar-refractivity contribution in [3.05, 3.63) is 71.2 Å². The zero-order chi connectivity index (χ0) is 27.5. The Balaban J connectivity index is 1.39.